The van der Waals surface area contributed by atoms with Gasteiger partial charge in [0, 0.05) is 23.3 Å². The molecule has 0 aliphatic heterocycles. The molecule has 2 rings (SSSR count). The Kier molecular flexibility index (Phi) is 7.66. The van der Waals surface area contributed by atoms with Crippen LogP contribution in [-0.2, 0) is 14.3 Å². The number of hydrogen-bond donors (Lipinski definition) is 2. The van der Waals surface area contributed by atoms with Gasteiger partial charge in [-0.05, 0) is 43.3 Å². The molecule has 2 amide bonds. The second-order valence-electron chi connectivity index (χ2n) is 5.65. The fourth-order valence-electron chi connectivity index (χ4n) is 2.14. The van der Waals surface area contributed by atoms with E-state index in [1.807, 2.05) is 0 Å². The number of carbonyl (C=O) groups is 3. The second-order valence-corrected chi connectivity index (χ2v) is 6.49. The van der Waals surface area contributed by atoms with Gasteiger partial charge in [-0.25, -0.2) is 4.79 Å². The Balaban J connectivity index is 1.86. The minimum atomic E-state index is -0.983. The number of halogens is 2. The fourth-order valence-corrected chi connectivity index (χ4v) is 2.60. The zero-order chi connectivity index (χ0) is 20.7. The van der Waals surface area contributed by atoms with Crippen LogP contribution in [-0.4, -0.2) is 37.5 Å². The minimum Gasteiger partial charge on any atom is -0.477 e. The lowest BCUT2D eigenvalue weighted by Gasteiger charge is -2.15. The van der Waals surface area contributed by atoms with Gasteiger partial charge in [0.1, 0.15) is 5.75 Å². The Morgan fingerprint density at radius 3 is 2.54 bits per heavy atom. The monoisotopic (exact) mass is 424 g/mol. The summed E-state index contributed by atoms with van der Waals surface area (Å²) in [6.45, 7) is 0.961. The highest BCUT2D eigenvalue weighted by atomic mass is 35.5. The van der Waals surface area contributed by atoms with Gasteiger partial charge >= 0.3 is 5.97 Å². The first-order valence-corrected chi connectivity index (χ1v) is 8.96. The lowest BCUT2D eigenvalue weighted by atomic mass is 10.2. The highest BCUT2D eigenvalue weighted by Crippen LogP contribution is 2.28. The van der Waals surface area contributed by atoms with E-state index in [1.165, 1.54) is 32.2 Å². The number of carbonyl (C=O) groups excluding carboxylic acids is 3. The predicted molar refractivity (Wildman–Crippen MR) is 106 cm³/mol. The normalized spacial score (nSPS) is 11.3. The summed E-state index contributed by atoms with van der Waals surface area (Å²) in [7, 11) is 1.51. The van der Waals surface area contributed by atoms with Crippen LogP contribution in [0.3, 0.4) is 0 Å². The molecule has 7 nitrogen and oxygen atoms in total. The van der Waals surface area contributed by atoms with E-state index in [0.717, 1.165) is 0 Å². The number of anilines is 1. The summed E-state index contributed by atoms with van der Waals surface area (Å²) in [5.41, 5.74) is 0.790. The van der Waals surface area contributed by atoms with Crippen molar-refractivity contribution in [3.05, 3.63) is 58.1 Å². The van der Waals surface area contributed by atoms with E-state index in [9.17, 15) is 14.4 Å². The summed E-state index contributed by atoms with van der Waals surface area (Å²) in [6.07, 6.45) is -0.983. The number of hydrogen-bond acceptors (Lipinski definition) is 5. The lowest BCUT2D eigenvalue weighted by molar-refractivity contribution is -0.153. The fraction of sp³-hybridized carbons (Fsp3) is 0.211. The molecule has 0 spiro atoms. The van der Waals surface area contributed by atoms with Crippen molar-refractivity contribution in [1.29, 1.82) is 0 Å². The Morgan fingerprint density at radius 2 is 1.86 bits per heavy atom. The smallest absolute Gasteiger partial charge is 0.347 e. The van der Waals surface area contributed by atoms with E-state index in [1.54, 1.807) is 24.3 Å². The Bertz CT molecular complexity index is 888. The van der Waals surface area contributed by atoms with E-state index in [2.05, 4.69) is 10.6 Å². The van der Waals surface area contributed by atoms with Gasteiger partial charge in [0.25, 0.3) is 11.8 Å². The largest absolute Gasteiger partial charge is 0.477 e. The molecular weight excluding hydrogens is 407 g/mol. The zero-order valence-corrected chi connectivity index (χ0v) is 16.6. The molecule has 28 heavy (non-hydrogen) atoms. The number of ether oxygens (including phenoxy) is 2. The van der Waals surface area contributed by atoms with Crippen LogP contribution >= 0.6 is 23.2 Å². The summed E-state index contributed by atoms with van der Waals surface area (Å²) in [6, 6.07) is 10.9. The molecule has 0 aliphatic carbocycles. The average Bonchev–Trinajstić information content (AvgIpc) is 2.67. The third-order valence-electron chi connectivity index (χ3n) is 3.51. The molecule has 0 bridgehead atoms. The summed E-state index contributed by atoms with van der Waals surface area (Å²) < 4.78 is 10.4. The van der Waals surface area contributed by atoms with Crippen molar-refractivity contribution >= 4 is 46.7 Å². The van der Waals surface area contributed by atoms with Crippen molar-refractivity contribution in [2.75, 3.05) is 19.0 Å². The molecule has 0 aromatic heterocycles. The molecule has 0 heterocycles. The molecule has 0 radical (unpaired) electrons. The van der Waals surface area contributed by atoms with E-state index in [0.29, 0.717) is 16.3 Å². The van der Waals surface area contributed by atoms with Gasteiger partial charge in [0.05, 0.1) is 5.02 Å². The summed E-state index contributed by atoms with van der Waals surface area (Å²) >= 11 is 11.8. The van der Waals surface area contributed by atoms with Gasteiger partial charge < -0.3 is 20.1 Å². The van der Waals surface area contributed by atoms with Crippen molar-refractivity contribution in [2.24, 2.45) is 0 Å². The maximum Gasteiger partial charge on any atom is 0.347 e. The van der Waals surface area contributed by atoms with Gasteiger partial charge in [-0.1, -0.05) is 29.3 Å². The third kappa shape index (κ3) is 6.14. The van der Waals surface area contributed by atoms with Crippen LogP contribution < -0.4 is 15.4 Å². The first kappa shape index (κ1) is 21.5. The van der Waals surface area contributed by atoms with Crippen molar-refractivity contribution < 1.29 is 23.9 Å². The van der Waals surface area contributed by atoms with Crippen molar-refractivity contribution in [1.82, 2.24) is 5.32 Å². The summed E-state index contributed by atoms with van der Waals surface area (Å²) in [5, 5.41) is 5.72. The average molecular weight is 425 g/mol. The van der Waals surface area contributed by atoms with Gasteiger partial charge in [0.15, 0.2) is 12.7 Å². The second kappa shape index (κ2) is 9.96. The molecule has 0 saturated carbocycles. The molecule has 1 unspecified atom stereocenters. The van der Waals surface area contributed by atoms with Crippen LogP contribution in [0.25, 0.3) is 0 Å². The highest BCUT2D eigenvalue weighted by molar-refractivity contribution is 6.35. The van der Waals surface area contributed by atoms with Gasteiger partial charge in [-0.3, -0.25) is 9.59 Å². The van der Waals surface area contributed by atoms with E-state index >= 15 is 0 Å². The van der Waals surface area contributed by atoms with Gasteiger partial charge in [-0.15, -0.1) is 0 Å². The molecule has 0 aliphatic rings. The standard InChI is InChI=1S/C19H18Cl2N2O5/c1-11(28-16-7-6-13(20)9-15(16)21)19(26)27-10-17(24)23-14-5-3-4-12(8-14)18(25)22-2/h3-9,11H,10H2,1-2H3,(H,22,25)(H,23,24). The Labute approximate surface area is 171 Å². The molecular formula is C19H18Cl2N2O5. The summed E-state index contributed by atoms with van der Waals surface area (Å²) in [5.74, 6) is -1.31. The quantitative estimate of drug-likeness (QED) is 0.664. The van der Waals surface area contributed by atoms with Crippen molar-refractivity contribution in [2.45, 2.75) is 13.0 Å². The molecule has 2 aromatic carbocycles. The van der Waals surface area contributed by atoms with E-state index < -0.39 is 24.6 Å². The first-order valence-electron chi connectivity index (χ1n) is 8.20. The van der Waals surface area contributed by atoms with Crippen LogP contribution in [0, 0.1) is 0 Å². The zero-order valence-electron chi connectivity index (χ0n) is 15.1. The van der Waals surface area contributed by atoms with Crippen LogP contribution in [0.5, 0.6) is 5.75 Å². The van der Waals surface area contributed by atoms with Crippen molar-refractivity contribution in [3.63, 3.8) is 0 Å². The maximum atomic E-state index is 12.0. The van der Waals surface area contributed by atoms with Crippen molar-refractivity contribution in [3.8, 4) is 5.75 Å². The maximum absolute atomic E-state index is 12.0. The molecule has 9 heteroatoms. The number of rotatable bonds is 7. The molecule has 148 valence electrons. The van der Waals surface area contributed by atoms with Crippen LogP contribution in [0.15, 0.2) is 42.5 Å². The number of nitrogens with one attached hydrogen (secondary N) is 2. The molecule has 0 saturated heterocycles. The summed E-state index contributed by atoms with van der Waals surface area (Å²) in [4.78, 5) is 35.6. The van der Waals surface area contributed by atoms with Gasteiger partial charge in [0.2, 0.25) is 0 Å². The van der Waals surface area contributed by atoms with Crippen LogP contribution in [0.1, 0.15) is 17.3 Å². The molecule has 1 atom stereocenters. The predicted octanol–water partition coefficient (Wildman–Crippen LogP) is 3.30. The highest BCUT2D eigenvalue weighted by Gasteiger charge is 2.19. The SMILES string of the molecule is CNC(=O)c1cccc(NC(=O)COC(=O)C(C)Oc2ccc(Cl)cc2Cl)c1. The molecule has 2 N–H and O–H groups in total. The minimum absolute atomic E-state index is 0.251. The van der Waals surface area contributed by atoms with Crippen LogP contribution in [0.2, 0.25) is 10.0 Å². The lowest BCUT2D eigenvalue weighted by Crippen LogP contribution is -2.29. The van der Waals surface area contributed by atoms with E-state index in [4.69, 9.17) is 32.7 Å². The topological polar surface area (TPSA) is 93.7 Å². The molecule has 2 aromatic rings. The molecule has 0 fully saturated rings. The van der Waals surface area contributed by atoms with Crippen LogP contribution in [0.4, 0.5) is 5.69 Å². The number of benzene rings is 2. The third-order valence-corrected chi connectivity index (χ3v) is 4.04. The number of amides is 2. The Hall–Kier alpha value is -2.77. The van der Waals surface area contributed by atoms with Gasteiger partial charge in [-0.2, -0.15) is 0 Å². The van der Waals surface area contributed by atoms with E-state index in [-0.39, 0.29) is 16.7 Å². The number of esters is 1. The first-order chi connectivity index (χ1) is 13.3. The Morgan fingerprint density at radius 1 is 1.11 bits per heavy atom.